The molecule has 5 heteroatoms. The lowest BCUT2D eigenvalue weighted by Gasteiger charge is -2.36. The van der Waals surface area contributed by atoms with Crippen molar-refractivity contribution < 1.29 is 19.0 Å². The van der Waals surface area contributed by atoms with E-state index in [0.717, 1.165) is 38.0 Å². The Kier molecular flexibility index (Phi) is 6.02. The highest BCUT2D eigenvalue weighted by molar-refractivity contribution is 5.67. The molecule has 2 aromatic carbocycles. The standard InChI is InChI=1S/C26H28FNO3/c1-3-31-24-9-7-20(14-23(24)27)5-4-19-6-8-21-16-28(15-18(2)12-25(29)30)17-26(10-11-26)22(21)13-19/h6-9,13-14,18H,3,10-12,15-17H2,1-2H3,(H,29,30). The van der Waals surface area contributed by atoms with Crippen LogP contribution in [0.5, 0.6) is 5.75 Å². The van der Waals surface area contributed by atoms with Crippen LogP contribution in [-0.4, -0.2) is 35.7 Å². The molecule has 1 aliphatic heterocycles. The normalized spacial score (nSPS) is 17.4. The minimum absolute atomic E-state index is 0.134. The fraction of sp³-hybridized carbons (Fsp3) is 0.423. The number of fused-ring (bicyclic) bond motifs is 2. The molecule has 1 heterocycles. The fourth-order valence-electron chi connectivity index (χ4n) is 4.60. The zero-order chi connectivity index (χ0) is 22.0. The molecule has 162 valence electrons. The molecular weight excluding hydrogens is 393 g/mol. The van der Waals surface area contributed by atoms with Gasteiger partial charge in [0.1, 0.15) is 0 Å². The highest BCUT2D eigenvalue weighted by atomic mass is 19.1. The first kappa shape index (κ1) is 21.4. The maximum atomic E-state index is 14.1. The number of rotatable bonds is 6. The molecule has 1 fully saturated rings. The second-order valence-electron chi connectivity index (χ2n) is 8.85. The molecule has 1 N–H and O–H groups in total. The van der Waals surface area contributed by atoms with E-state index >= 15 is 0 Å². The van der Waals surface area contributed by atoms with Crippen LogP contribution in [0.25, 0.3) is 0 Å². The zero-order valence-electron chi connectivity index (χ0n) is 18.1. The van der Waals surface area contributed by atoms with Gasteiger partial charge in [-0.2, -0.15) is 0 Å². The molecular formula is C26H28FNO3. The minimum Gasteiger partial charge on any atom is -0.491 e. The van der Waals surface area contributed by atoms with Gasteiger partial charge in [-0.1, -0.05) is 24.8 Å². The topological polar surface area (TPSA) is 49.8 Å². The van der Waals surface area contributed by atoms with E-state index in [1.54, 1.807) is 12.1 Å². The quantitative estimate of drug-likeness (QED) is 0.694. The summed E-state index contributed by atoms with van der Waals surface area (Å²) >= 11 is 0. The molecule has 1 atom stereocenters. The van der Waals surface area contributed by atoms with Gasteiger partial charge in [-0.15, -0.1) is 0 Å². The van der Waals surface area contributed by atoms with E-state index in [-0.39, 0.29) is 23.5 Å². The first-order valence-electron chi connectivity index (χ1n) is 10.9. The number of hydrogen-bond acceptors (Lipinski definition) is 3. The van der Waals surface area contributed by atoms with Crippen LogP contribution in [0.4, 0.5) is 4.39 Å². The summed E-state index contributed by atoms with van der Waals surface area (Å²) in [6.45, 7) is 6.88. The molecule has 0 saturated heterocycles. The Morgan fingerprint density at radius 3 is 2.58 bits per heavy atom. The Morgan fingerprint density at radius 2 is 1.94 bits per heavy atom. The average molecular weight is 422 g/mol. The van der Waals surface area contributed by atoms with Gasteiger partial charge in [0.15, 0.2) is 11.6 Å². The smallest absolute Gasteiger partial charge is 0.303 e. The van der Waals surface area contributed by atoms with E-state index in [1.165, 1.54) is 17.2 Å². The second kappa shape index (κ2) is 8.72. The van der Waals surface area contributed by atoms with Gasteiger partial charge in [-0.3, -0.25) is 9.69 Å². The van der Waals surface area contributed by atoms with Gasteiger partial charge >= 0.3 is 5.97 Å². The maximum absolute atomic E-state index is 14.1. The fourth-order valence-corrected chi connectivity index (χ4v) is 4.60. The highest BCUT2D eigenvalue weighted by Crippen LogP contribution is 2.52. The van der Waals surface area contributed by atoms with E-state index in [4.69, 9.17) is 9.84 Å². The lowest BCUT2D eigenvalue weighted by molar-refractivity contribution is -0.138. The number of carboxylic acids is 1. The van der Waals surface area contributed by atoms with Crippen LogP contribution in [0, 0.1) is 23.6 Å². The van der Waals surface area contributed by atoms with Gasteiger partial charge in [-0.05, 0) is 67.1 Å². The molecule has 2 aliphatic rings. The number of nitrogens with zero attached hydrogens (tertiary/aromatic N) is 1. The summed E-state index contributed by atoms with van der Waals surface area (Å²) in [5.74, 6) is 5.50. The summed E-state index contributed by atoms with van der Waals surface area (Å²) in [5.41, 5.74) is 4.42. The lowest BCUT2D eigenvalue weighted by Crippen LogP contribution is -2.40. The summed E-state index contributed by atoms with van der Waals surface area (Å²) in [6.07, 6.45) is 2.52. The number of benzene rings is 2. The molecule has 1 aliphatic carbocycles. The third-order valence-electron chi connectivity index (χ3n) is 6.13. The number of halogens is 1. The molecule has 0 bridgehead atoms. The minimum atomic E-state index is -0.735. The van der Waals surface area contributed by atoms with Crippen molar-refractivity contribution in [3.05, 3.63) is 64.5 Å². The monoisotopic (exact) mass is 421 g/mol. The van der Waals surface area contributed by atoms with E-state index in [9.17, 15) is 9.18 Å². The predicted molar refractivity (Wildman–Crippen MR) is 118 cm³/mol. The summed E-state index contributed by atoms with van der Waals surface area (Å²) < 4.78 is 19.3. The van der Waals surface area contributed by atoms with Gasteiger partial charge < -0.3 is 9.84 Å². The van der Waals surface area contributed by atoms with Crippen molar-refractivity contribution in [2.24, 2.45) is 5.92 Å². The Labute approximate surface area is 183 Å². The number of carbonyl (C=O) groups is 1. The van der Waals surface area contributed by atoms with Crippen LogP contribution in [0.3, 0.4) is 0 Å². The third-order valence-corrected chi connectivity index (χ3v) is 6.13. The van der Waals surface area contributed by atoms with Crippen molar-refractivity contribution in [3.63, 3.8) is 0 Å². The molecule has 4 rings (SSSR count). The van der Waals surface area contributed by atoms with Crippen molar-refractivity contribution in [1.29, 1.82) is 0 Å². The average Bonchev–Trinajstić information content (AvgIpc) is 3.47. The number of aliphatic carboxylic acids is 1. The van der Waals surface area contributed by atoms with Gasteiger partial charge in [0.2, 0.25) is 0 Å². The highest BCUT2D eigenvalue weighted by Gasteiger charge is 2.49. The zero-order valence-corrected chi connectivity index (χ0v) is 18.1. The lowest BCUT2D eigenvalue weighted by atomic mass is 9.85. The SMILES string of the molecule is CCOc1ccc(C#Cc2ccc3c(c2)C2(CC2)CN(CC(C)CC(=O)O)C3)cc1F. The van der Waals surface area contributed by atoms with Crippen molar-refractivity contribution in [2.75, 3.05) is 19.7 Å². The molecule has 0 radical (unpaired) electrons. The van der Waals surface area contributed by atoms with Crippen LogP contribution >= 0.6 is 0 Å². The van der Waals surface area contributed by atoms with Gasteiger partial charge in [0, 0.05) is 42.6 Å². The van der Waals surface area contributed by atoms with Gasteiger partial charge in [0.05, 0.1) is 6.61 Å². The van der Waals surface area contributed by atoms with Crippen molar-refractivity contribution in [1.82, 2.24) is 4.90 Å². The van der Waals surface area contributed by atoms with Crippen LogP contribution < -0.4 is 4.74 Å². The van der Waals surface area contributed by atoms with E-state index in [1.807, 2.05) is 19.9 Å². The van der Waals surface area contributed by atoms with Crippen LogP contribution in [0.2, 0.25) is 0 Å². The molecule has 1 saturated carbocycles. The second-order valence-corrected chi connectivity index (χ2v) is 8.85. The molecule has 0 aromatic heterocycles. The third kappa shape index (κ3) is 4.91. The first-order valence-corrected chi connectivity index (χ1v) is 10.9. The van der Waals surface area contributed by atoms with Crippen molar-refractivity contribution in [2.45, 2.75) is 45.1 Å². The van der Waals surface area contributed by atoms with E-state index < -0.39 is 11.8 Å². The van der Waals surface area contributed by atoms with Gasteiger partial charge in [-0.25, -0.2) is 4.39 Å². The summed E-state index contributed by atoms with van der Waals surface area (Å²) in [7, 11) is 0. The summed E-state index contributed by atoms with van der Waals surface area (Å²) in [5, 5.41) is 9.04. The largest absolute Gasteiger partial charge is 0.491 e. The Morgan fingerprint density at radius 1 is 1.23 bits per heavy atom. The van der Waals surface area contributed by atoms with Crippen molar-refractivity contribution in [3.8, 4) is 17.6 Å². The molecule has 1 unspecified atom stereocenters. The number of hydrogen-bond donors (Lipinski definition) is 1. The molecule has 31 heavy (non-hydrogen) atoms. The molecule has 1 spiro atoms. The number of carboxylic acid groups (broad SMARTS) is 1. The molecule has 0 amide bonds. The van der Waals surface area contributed by atoms with Crippen LogP contribution in [0.1, 0.15) is 55.4 Å². The Bertz CT molecular complexity index is 1050. The maximum Gasteiger partial charge on any atom is 0.303 e. The van der Waals surface area contributed by atoms with E-state index in [0.29, 0.717) is 12.2 Å². The van der Waals surface area contributed by atoms with Crippen LogP contribution in [-0.2, 0) is 16.8 Å². The number of ether oxygens (including phenoxy) is 1. The predicted octanol–water partition coefficient (Wildman–Crippen LogP) is 4.58. The molecule has 2 aromatic rings. The summed E-state index contributed by atoms with van der Waals surface area (Å²) in [4.78, 5) is 13.4. The van der Waals surface area contributed by atoms with Crippen LogP contribution in [0.15, 0.2) is 36.4 Å². The molecule has 4 nitrogen and oxygen atoms in total. The van der Waals surface area contributed by atoms with Crippen molar-refractivity contribution >= 4 is 5.97 Å². The Balaban J connectivity index is 1.51. The summed E-state index contributed by atoms with van der Waals surface area (Å²) in [6, 6.07) is 11.2. The van der Waals surface area contributed by atoms with E-state index in [2.05, 4.69) is 28.9 Å². The first-order chi connectivity index (χ1) is 14.9. The Hall–Kier alpha value is -2.84. The van der Waals surface area contributed by atoms with Gasteiger partial charge in [0.25, 0.3) is 0 Å².